The second-order valence-electron chi connectivity index (χ2n) is 10.5. The van der Waals surface area contributed by atoms with Crippen LogP contribution in [-0.2, 0) is 19.7 Å². The molecule has 1 aromatic carbocycles. The van der Waals surface area contributed by atoms with Crippen molar-refractivity contribution < 1.29 is 14.3 Å². The van der Waals surface area contributed by atoms with Gasteiger partial charge in [-0.1, -0.05) is 52.0 Å². The van der Waals surface area contributed by atoms with Crippen LogP contribution in [0, 0.1) is 17.3 Å². The molecule has 4 nitrogen and oxygen atoms in total. The van der Waals surface area contributed by atoms with Crippen molar-refractivity contribution in [1.29, 1.82) is 0 Å². The minimum absolute atomic E-state index is 0.0316. The fourth-order valence-corrected chi connectivity index (χ4v) is 5.39. The van der Waals surface area contributed by atoms with Crippen LogP contribution in [0.5, 0.6) is 0 Å². The minimum atomic E-state index is -0.0992. The molecule has 0 bridgehead atoms. The lowest BCUT2D eigenvalue weighted by molar-refractivity contribution is -0.145. The zero-order valence-electron chi connectivity index (χ0n) is 17.7. The van der Waals surface area contributed by atoms with Gasteiger partial charge in [-0.3, -0.25) is 9.59 Å². The molecule has 0 unspecified atom stereocenters. The van der Waals surface area contributed by atoms with E-state index in [4.69, 9.17) is 4.74 Å². The SMILES string of the molecule is C[C@@H]1CN(C(=O)C2CC3(COC(=O)C3)C2)CC[C@@H]1c1ccc(C(C)(C)C)cc1. The van der Waals surface area contributed by atoms with Gasteiger partial charge in [-0.25, -0.2) is 0 Å². The van der Waals surface area contributed by atoms with Crippen molar-refractivity contribution in [2.24, 2.45) is 17.3 Å². The Balaban J connectivity index is 1.34. The third kappa shape index (κ3) is 3.58. The van der Waals surface area contributed by atoms with Gasteiger partial charge in [0.25, 0.3) is 0 Å². The monoisotopic (exact) mass is 383 g/mol. The summed E-state index contributed by atoms with van der Waals surface area (Å²) < 4.78 is 5.13. The van der Waals surface area contributed by atoms with Crippen LogP contribution in [0.25, 0.3) is 0 Å². The molecule has 1 saturated carbocycles. The van der Waals surface area contributed by atoms with Crippen LogP contribution in [0.1, 0.15) is 70.4 Å². The second kappa shape index (κ2) is 6.89. The standard InChI is InChI=1S/C24H33NO3/c1-16-14-25(22(27)18-11-24(12-18)13-21(26)28-15-24)10-9-20(16)17-5-7-19(8-6-17)23(2,3)4/h5-8,16,18,20H,9-15H2,1-4H3/t16-,18?,20+,24?/m1/s1. The highest BCUT2D eigenvalue weighted by atomic mass is 16.5. The molecule has 2 heterocycles. The molecule has 1 spiro atoms. The molecule has 4 rings (SSSR count). The molecule has 0 N–H and O–H groups in total. The average Bonchev–Trinajstić information content (AvgIpc) is 3.01. The number of esters is 1. The average molecular weight is 384 g/mol. The Morgan fingerprint density at radius 1 is 1.18 bits per heavy atom. The number of carbonyl (C=O) groups is 2. The number of nitrogens with zero attached hydrogens (tertiary/aromatic N) is 1. The van der Waals surface area contributed by atoms with Crippen LogP contribution in [0.4, 0.5) is 0 Å². The van der Waals surface area contributed by atoms with E-state index in [1.165, 1.54) is 11.1 Å². The van der Waals surface area contributed by atoms with E-state index in [1.54, 1.807) is 0 Å². The zero-order valence-corrected chi connectivity index (χ0v) is 17.7. The molecule has 2 aliphatic heterocycles. The van der Waals surface area contributed by atoms with E-state index in [1.807, 2.05) is 0 Å². The molecule has 0 aromatic heterocycles. The van der Waals surface area contributed by atoms with E-state index in [9.17, 15) is 9.59 Å². The number of benzene rings is 1. The van der Waals surface area contributed by atoms with Crippen molar-refractivity contribution in [2.75, 3.05) is 19.7 Å². The van der Waals surface area contributed by atoms with Gasteiger partial charge in [-0.05, 0) is 47.6 Å². The van der Waals surface area contributed by atoms with Crippen molar-refractivity contribution >= 4 is 11.9 Å². The lowest BCUT2D eigenvalue weighted by Crippen LogP contribution is -2.50. The largest absolute Gasteiger partial charge is 0.465 e. The molecule has 1 aromatic rings. The van der Waals surface area contributed by atoms with E-state index in [-0.39, 0.29) is 22.7 Å². The smallest absolute Gasteiger partial charge is 0.306 e. The van der Waals surface area contributed by atoms with Gasteiger partial charge in [0.05, 0.1) is 13.0 Å². The number of carbonyl (C=O) groups excluding carboxylic acids is 2. The summed E-state index contributed by atoms with van der Waals surface area (Å²) in [7, 11) is 0. The van der Waals surface area contributed by atoms with Crippen LogP contribution < -0.4 is 0 Å². The molecule has 3 aliphatic rings. The van der Waals surface area contributed by atoms with Crippen LogP contribution in [-0.4, -0.2) is 36.5 Å². The summed E-state index contributed by atoms with van der Waals surface area (Å²) in [4.78, 5) is 26.4. The number of hydrogen-bond acceptors (Lipinski definition) is 3. The van der Waals surface area contributed by atoms with E-state index in [0.29, 0.717) is 30.8 Å². The van der Waals surface area contributed by atoms with Crippen molar-refractivity contribution in [3.63, 3.8) is 0 Å². The Bertz CT molecular complexity index is 755. The van der Waals surface area contributed by atoms with Crippen LogP contribution in [0.15, 0.2) is 24.3 Å². The highest BCUT2D eigenvalue weighted by molar-refractivity contribution is 5.81. The maximum atomic E-state index is 12.9. The predicted molar refractivity (Wildman–Crippen MR) is 109 cm³/mol. The van der Waals surface area contributed by atoms with Crippen molar-refractivity contribution in [1.82, 2.24) is 4.90 Å². The molecular weight excluding hydrogens is 350 g/mol. The van der Waals surface area contributed by atoms with Crippen molar-refractivity contribution in [3.8, 4) is 0 Å². The van der Waals surface area contributed by atoms with Crippen LogP contribution in [0.2, 0.25) is 0 Å². The van der Waals surface area contributed by atoms with E-state index in [2.05, 4.69) is 56.9 Å². The highest BCUT2D eigenvalue weighted by Gasteiger charge is 2.53. The molecule has 152 valence electrons. The predicted octanol–water partition coefficient (Wildman–Crippen LogP) is 4.28. The first-order valence-corrected chi connectivity index (χ1v) is 10.7. The zero-order chi connectivity index (χ0) is 20.1. The molecule has 2 atom stereocenters. The summed E-state index contributed by atoms with van der Waals surface area (Å²) in [5.41, 5.74) is 2.91. The Morgan fingerprint density at radius 2 is 1.86 bits per heavy atom. The Labute approximate surface area is 168 Å². The van der Waals surface area contributed by atoms with Crippen molar-refractivity contribution in [2.45, 2.75) is 64.7 Å². The van der Waals surface area contributed by atoms with E-state index in [0.717, 1.165) is 32.4 Å². The van der Waals surface area contributed by atoms with Gasteiger partial charge in [0.2, 0.25) is 5.91 Å². The molecule has 4 heteroatoms. The molecule has 28 heavy (non-hydrogen) atoms. The topological polar surface area (TPSA) is 46.6 Å². The van der Waals surface area contributed by atoms with Gasteiger partial charge in [0, 0.05) is 24.4 Å². The van der Waals surface area contributed by atoms with Gasteiger partial charge < -0.3 is 9.64 Å². The maximum absolute atomic E-state index is 12.9. The first-order valence-electron chi connectivity index (χ1n) is 10.7. The summed E-state index contributed by atoms with van der Waals surface area (Å²) in [6.07, 6.45) is 3.17. The van der Waals surface area contributed by atoms with E-state index >= 15 is 0 Å². The number of ether oxygens (including phenoxy) is 1. The molecule has 1 amide bonds. The lowest BCUT2D eigenvalue weighted by Gasteiger charge is -2.46. The lowest BCUT2D eigenvalue weighted by atomic mass is 9.61. The summed E-state index contributed by atoms with van der Waals surface area (Å²) >= 11 is 0. The summed E-state index contributed by atoms with van der Waals surface area (Å²) in [6.45, 7) is 11.2. The molecule has 1 aliphatic carbocycles. The second-order valence-corrected chi connectivity index (χ2v) is 10.5. The first-order chi connectivity index (χ1) is 13.2. The number of piperidine rings is 1. The first kappa shape index (κ1) is 19.5. The fraction of sp³-hybridized carbons (Fsp3) is 0.667. The van der Waals surface area contributed by atoms with Crippen LogP contribution in [0.3, 0.4) is 0 Å². The summed E-state index contributed by atoms with van der Waals surface area (Å²) in [6, 6.07) is 9.09. The van der Waals surface area contributed by atoms with Gasteiger partial charge >= 0.3 is 5.97 Å². The minimum Gasteiger partial charge on any atom is -0.465 e. The number of cyclic esters (lactones) is 1. The van der Waals surface area contributed by atoms with Gasteiger partial charge in [0.15, 0.2) is 0 Å². The normalized spacial score (nSPS) is 32.9. The Hall–Kier alpha value is -1.84. The fourth-order valence-electron chi connectivity index (χ4n) is 5.39. The molecular formula is C24H33NO3. The quantitative estimate of drug-likeness (QED) is 0.716. The summed E-state index contributed by atoms with van der Waals surface area (Å²) in [5.74, 6) is 1.26. The highest BCUT2D eigenvalue weighted by Crippen LogP contribution is 2.52. The molecule has 0 radical (unpaired) electrons. The number of likely N-dealkylation sites (tertiary alicyclic amines) is 1. The Morgan fingerprint density at radius 3 is 2.39 bits per heavy atom. The molecule has 2 saturated heterocycles. The molecule has 3 fully saturated rings. The summed E-state index contributed by atoms with van der Waals surface area (Å²) in [5, 5.41) is 0. The van der Waals surface area contributed by atoms with Gasteiger partial charge in [-0.15, -0.1) is 0 Å². The van der Waals surface area contributed by atoms with E-state index < -0.39 is 0 Å². The van der Waals surface area contributed by atoms with Crippen molar-refractivity contribution in [3.05, 3.63) is 35.4 Å². The third-order valence-corrected chi connectivity index (χ3v) is 7.19. The Kier molecular flexibility index (Phi) is 4.79. The van der Waals surface area contributed by atoms with Gasteiger partial charge in [0.1, 0.15) is 0 Å². The number of hydrogen-bond donors (Lipinski definition) is 0. The number of rotatable bonds is 2. The van der Waals surface area contributed by atoms with Crippen LogP contribution >= 0.6 is 0 Å². The number of amides is 1. The third-order valence-electron chi connectivity index (χ3n) is 7.19. The van der Waals surface area contributed by atoms with Gasteiger partial charge in [-0.2, -0.15) is 0 Å². The maximum Gasteiger partial charge on any atom is 0.306 e.